The normalized spacial score (nSPS) is 18.6. The van der Waals surface area contributed by atoms with Crippen molar-refractivity contribution in [1.82, 2.24) is 10.6 Å². The number of aryl methyl sites for hydroxylation is 1. The molecule has 6 heteroatoms. The van der Waals surface area contributed by atoms with Crippen molar-refractivity contribution >= 4 is 11.9 Å². The molecule has 2 rings (SSSR count). The molecule has 0 saturated carbocycles. The molecule has 6 nitrogen and oxygen atoms in total. The second-order valence-corrected chi connectivity index (χ2v) is 4.94. The quantitative estimate of drug-likeness (QED) is 0.804. The van der Waals surface area contributed by atoms with Gasteiger partial charge in [-0.1, -0.05) is 0 Å². The van der Waals surface area contributed by atoms with Crippen LogP contribution in [0, 0.1) is 12.8 Å². The predicted octanol–water partition coefficient (Wildman–Crippen LogP) is 0.990. The van der Waals surface area contributed by atoms with Gasteiger partial charge in [-0.25, -0.2) is 4.79 Å². The van der Waals surface area contributed by atoms with Crippen LogP contribution in [-0.4, -0.2) is 32.1 Å². The van der Waals surface area contributed by atoms with Gasteiger partial charge in [0.2, 0.25) is 5.91 Å². The highest BCUT2D eigenvalue weighted by atomic mass is 16.5. The summed E-state index contributed by atoms with van der Waals surface area (Å²) in [6, 6.07) is 1.61. The first-order chi connectivity index (χ1) is 9.61. The number of nitrogens with one attached hydrogen (secondary N) is 2. The van der Waals surface area contributed by atoms with Crippen molar-refractivity contribution in [2.24, 2.45) is 5.92 Å². The highest BCUT2D eigenvalue weighted by molar-refractivity contribution is 5.90. The maximum Gasteiger partial charge on any atom is 0.341 e. The van der Waals surface area contributed by atoms with Gasteiger partial charge < -0.3 is 19.8 Å². The van der Waals surface area contributed by atoms with Crippen LogP contribution < -0.4 is 10.6 Å². The first kappa shape index (κ1) is 14.6. The zero-order chi connectivity index (χ0) is 14.5. The largest absolute Gasteiger partial charge is 0.465 e. The molecule has 1 fully saturated rings. The fraction of sp³-hybridized carbons (Fsp3) is 0.571. The molecule has 20 heavy (non-hydrogen) atoms. The van der Waals surface area contributed by atoms with E-state index in [1.807, 2.05) is 0 Å². The summed E-state index contributed by atoms with van der Waals surface area (Å²) in [5.41, 5.74) is 0.399. The van der Waals surface area contributed by atoms with Crippen LogP contribution in [-0.2, 0) is 16.1 Å². The summed E-state index contributed by atoms with van der Waals surface area (Å²) in [6.07, 6.45) is 1.92. The van der Waals surface area contributed by atoms with E-state index in [1.54, 1.807) is 13.0 Å². The monoisotopic (exact) mass is 280 g/mol. The highest BCUT2D eigenvalue weighted by Gasteiger charge is 2.21. The van der Waals surface area contributed by atoms with Crippen LogP contribution in [0.15, 0.2) is 10.5 Å². The van der Waals surface area contributed by atoms with Gasteiger partial charge in [-0.2, -0.15) is 0 Å². The summed E-state index contributed by atoms with van der Waals surface area (Å²) in [7, 11) is 1.33. The van der Waals surface area contributed by atoms with Crippen LogP contribution >= 0.6 is 0 Å². The van der Waals surface area contributed by atoms with E-state index in [0.717, 1.165) is 25.9 Å². The van der Waals surface area contributed by atoms with Gasteiger partial charge in [0.25, 0.3) is 0 Å². The van der Waals surface area contributed by atoms with Crippen molar-refractivity contribution in [3.63, 3.8) is 0 Å². The van der Waals surface area contributed by atoms with E-state index < -0.39 is 5.97 Å². The van der Waals surface area contributed by atoms with Gasteiger partial charge in [0.15, 0.2) is 0 Å². The number of esters is 1. The Morgan fingerprint density at radius 2 is 2.35 bits per heavy atom. The topological polar surface area (TPSA) is 80.6 Å². The molecule has 0 radical (unpaired) electrons. The molecular formula is C14H20N2O4. The van der Waals surface area contributed by atoms with E-state index in [0.29, 0.717) is 17.1 Å². The lowest BCUT2D eigenvalue weighted by molar-refractivity contribution is -0.125. The summed E-state index contributed by atoms with van der Waals surface area (Å²) in [5, 5.41) is 6.05. The number of rotatable bonds is 4. The number of hydrogen-bond acceptors (Lipinski definition) is 5. The molecule has 1 atom stereocenters. The van der Waals surface area contributed by atoms with Gasteiger partial charge in [-0.15, -0.1) is 0 Å². The fourth-order valence-corrected chi connectivity index (χ4v) is 2.34. The second-order valence-electron chi connectivity index (χ2n) is 4.94. The van der Waals surface area contributed by atoms with Crippen molar-refractivity contribution < 1.29 is 18.7 Å². The van der Waals surface area contributed by atoms with Crippen LogP contribution in [0.5, 0.6) is 0 Å². The van der Waals surface area contributed by atoms with Crippen molar-refractivity contribution in [3.05, 3.63) is 23.2 Å². The van der Waals surface area contributed by atoms with Crippen molar-refractivity contribution in [3.8, 4) is 0 Å². The summed E-state index contributed by atoms with van der Waals surface area (Å²) >= 11 is 0. The van der Waals surface area contributed by atoms with Crippen LogP contribution in [0.1, 0.15) is 34.7 Å². The maximum absolute atomic E-state index is 12.0. The van der Waals surface area contributed by atoms with Gasteiger partial charge in [-0.05, 0) is 32.4 Å². The lowest BCUT2D eigenvalue weighted by Gasteiger charge is -2.21. The fourth-order valence-electron chi connectivity index (χ4n) is 2.34. The number of methoxy groups -OCH3 is 1. The number of carbonyl (C=O) groups is 2. The van der Waals surface area contributed by atoms with Crippen molar-refractivity contribution in [2.45, 2.75) is 26.3 Å². The average molecular weight is 280 g/mol. The Balaban J connectivity index is 1.90. The van der Waals surface area contributed by atoms with E-state index in [2.05, 4.69) is 15.4 Å². The summed E-state index contributed by atoms with van der Waals surface area (Å²) in [5.74, 6) is 0.659. The first-order valence-electron chi connectivity index (χ1n) is 6.78. The Hall–Kier alpha value is -1.82. The Bertz CT molecular complexity index is 489. The molecule has 0 bridgehead atoms. The lowest BCUT2D eigenvalue weighted by Crippen LogP contribution is -2.40. The standard InChI is InChI=1S/C14H20N2O4/c1-9-12(14(18)19-2)6-11(20-9)8-16-13(17)10-4-3-5-15-7-10/h6,10,15H,3-5,7-8H2,1-2H3,(H,16,17). The number of hydrogen-bond donors (Lipinski definition) is 2. The van der Waals surface area contributed by atoms with Crippen LogP contribution in [0.25, 0.3) is 0 Å². The van der Waals surface area contributed by atoms with Crippen LogP contribution in [0.2, 0.25) is 0 Å². The maximum atomic E-state index is 12.0. The molecule has 1 aliphatic rings. The Kier molecular flexibility index (Phi) is 4.79. The van der Waals surface area contributed by atoms with Crippen LogP contribution in [0.4, 0.5) is 0 Å². The zero-order valence-corrected chi connectivity index (χ0v) is 11.8. The van der Waals surface area contributed by atoms with Crippen LogP contribution in [0.3, 0.4) is 0 Å². The second kappa shape index (κ2) is 6.56. The van der Waals surface area contributed by atoms with Gasteiger partial charge in [0.05, 0.1) is 19.6 Å². The van der Waals surface area contributed by atoms with Crippen molar-refractivity contribution in [1.29, 1.82) is 0 Å². The Morgan fingerprint density at radius 3 is 3.00 bits per heavy atom. The molecule has 2 N–H and O–H groups in total. The molecule has 1 aliphatic heterocycles. The smallest absolute Gasteiger partial charge is 0.341 e. The number of ether oxygens (including phenoxy) is 1. The molecule has 1 aromatic heterocycles. The lowest BCUT2D eigenvalue weighted by atomic mass is 9.99. The molecule has 0 aliphatic carbocycles. The summed E-state index contributed by atoms with van der Waals surface area (Å²) in [6.45, 7) is 3.68. The minimum Gasteiger partial charge on any atom is -0.465 e. The number of furan rings is 1. The molecular weight excluding hydrogens is 260 g/mol. The van der Waals surface area contributed by atoms with E-state index in [-0.39, 0.29) is 18.4 Å². The van der Waals surface area contributed by atoms with E-state index in [1.165, 1.54) is 7.11 Å². The predicted molar refractivity (Wildman–Crippen MR) is 72.2 cm³/mol. The minimum absolute atomic E-state index is 0.0138. The summed E-state index contributed by atoms with van der Waals surface area (Å²) < 4.78 is 10.1. The molecule has 1 aromatic rings. The SMILES string of the molecule is COC(=O)c1cc(CNC(=O)C2CCCNC2)oc1C. The van der Waals surface area contributed by atoms with Gasteiger partial charge in [0.1, 0.15) is 17.1 Å². The van der Waals surface area contributed by atoms with Crippen molar-refractivity contribution in [2.75, 3.05) is 20.2 Å². The Labute approximate surface area is 117 Å². The molecule has 1 saturated heterocycles. The number of carbonyl (C=O) groups excluding carboxylic acids is 2. The Morgan fingerprint density at radius 1 is 1.55 bits per heavy atom. The van der Waals surface area contributed by atoms with E-state index in [4.69, 9.17) is 4.42 Å². The third-order valence-corrected chi connectivity index (χ3v) is 3.48. The summed E-state index contributed by atoms with van der Waals surface area (Å²) in [4.78, 5) is 23.4. The molecule has 110 valence electrons. The molecule has 2 heterocycles. The molecule has 1 amide bonds. The minimum atomic E-state index is -0.430. The number of amides is 1. The van der Waals surface area contributed by atoms with E-state index in [9.17, 15) is 9.59 Å². The highest BCUT2D eigenvalue weighted by Crippen LogP contribution is 2.16. The van der Waals surface area contributed by atoms with Gasteiger partial charge in [-0.3, -0.25) is 4.79 Å². The molecule has 0 spiro atoms. The third-order valence-electron chi connectivity index (χ3n) is 3.48. The first-order valence-corrected chi connectivity index (χ1v) is 6.78. The number of piperidine rings is 1. The zero-order valence-electron chi connectivity index (χ0n) is 11.8. The molecule has 1 unspecified atom stereocenters. The van der Waals surface area contributed by atoms with Gasteiger partial charge >= 0.3 is 5.97 Å². The average Bonchev–Trinajstić information content (AvgIpc) is 2.86. The van der Waals surface area contributed by atoms with Gasteiger partial charge in [0, 0.05) is 6.54 Å². The van der Waals surface area contributed by atoms with E-state index >= 15 is 0 Å². The molecule has 0 aromatic carbocycles. The third kappa shape index (κ3) is 3.39.